The lowest BCUT2D eigenvalue weighted by atomic mass is 10.0. The first kappa shape index (κ1) is 12.8. The van der Waals surface area contributed by atoms with Gasteiger partial charge in [-0.3, -0.25) is 4.79 Å². The molecule has 2 aromatic rings. The first-order valence-corrected chi connectivity index (χ1v) is 5.77. The van der Waals surface area contributed by atoms with Gasteiger partial charge >= 0.3 is 5.97 Å². The van der Waals surface area contributed by atoms with E-state index < -0.39 is 11.8 Å². The van der Waals surface area contributed by atoms with Crippen molar-refractivity contribution in [3.63, 3.8) is 0 Å². The van der Waals surface area contributed by atoms with E-state index in [1.807, 2.05) is 54.6 Å². The Morgan fingerprint density at radius 3 is 2.00 bits per heavy atom. The van der Waals surface area contributed by atoms with Gasteiger partial charge in [-0.15, -0.1) is 0 Å². The maximum atomic E-state index is 10.9. The van der Waals surface area contributed by atoms with E-state index in [2.05, 4.69) is 0 Å². The summed E-state index contributed by atoms with van der Waals surface area (Å²) < 4.78 is 0. The van der Waals surface area contributed by atoms with Crippen LogP contribution in [0.3, 0.4) is 0 Å². The predicted molar refractivity (Wildman–Crippen MR) is 73.6 cm³/mol. The van der Waals surface area contributed by atoms with Gasteiger partial charge in [-0.05, 0) is 22.8 Å². The number of carbonyl (C=O) groups is 2. The minimum Gasteiger partial charge on any atom is -0.475 e. The topological polar surface area (TPSA) is 54.4 Å². The summed E-state index contributed by atoms with van der Waals surface area (Å²) in [5.41, 5.74) is 2.97. The SMILES string of the molecule is O=C(O)C(=O)/C=C/c1ccc(-c2ccccc2)cc1. The molecule has 0 aliphatic rings. The fourth-order valence-electron chi connectivity index (χ4n) is 1.66. The predicted octanol–water partition coefficient (Wildman–Crippen LogP) is 3.02. The average Bonchev–Trinajstić information content (AvgIpc) is 2.46. The Kier molecular flexibility index (Phi) is 3.88. The molecule has 0 saturated heterocycles. The van der Waals surface area contributed by atoms with Crippen LogP contribution in [0.15, 0.2) is 60.7 Å². The number of benzene rings is 2. The zero-order chi connectivity index (χ0) is 13.7. The fourth-order valence-corrected chi connectivity index (χ4v) is 1.66. The first-order chi connectivity index (χ1) is 9.16. The molecule has 0 bridgehead atoms. The highest BCUT2D eigenvalue weighted by molar-refractivity contribution is 6.38. The summed E-state index contributed by atoms with van der Waals surface area (Å²) in [5.74, 6) is -2.37. The number of carboxylic acids is 1. The summed E-state index contributed by atoms with van der Waals surface area (Å²) in [4.78, 5) is 21.3. The number of hydrogen-bond acceptors (Lipinski definition) is 2. The molecule has 94 valence electrons. The van der Waals surface area contributed by atoms with E-state index >= 15 is 0 Å². The summed E-state index contributed by atoms with van der Waals surface area (Å²) in [6.07, 6.45) is 2.55. The zero-order valence-corrected chi connectivity index (χ0v) is 10.1. The quantitative estimate of drug-likeness (QED) is 0.672. The summed E-state index contributed by atoms with van der Waals surface area (Å²) in [5, 5.41) is 8.45. The van der Waals surface area contributed by atoms with E-state index in [0.29, 0.717) is 0 Å². The van der Waals surface area contributed by atoms with Crippen molar-refractivity contribution >= 4 is 17.8 Å². The standard InChI is InChI=1S/C16H12O3/c17-15(16(18)19)11-8-12-6-9-14(10-7-12)13-4-2-1-3-5-13/h1-11H,(H,18,19)/b11-8+. The van der Waals surface area contributed by atoms with E-state index in [-0.39, 0.29) is 0 Å². The van der Waals surface area contributed by atoms with E-state index in [1.54, 1.807) is 0 Å². The molecule has 1 N–H and O–H groups in total. The maximum absolute atomic E-state index is 10.9. The van der Waals surface area contributed by atoms with Crippen molar-refractivity contribution in [2.75, 3.05) is 0 Å². The van der Waals surface area contributed by atoms with Gasteiger partial charge in [0.1, 0.15) is 0 Å². The van der Waals surface area contributed by atoms with Crippen LogP contribution in [0.4, 0.5) is 0 Å². The van der Waals surface area contributed by atoms with Gasteiger partial charge in [0.15, 0.2) is 0 Å². The molecule has 3 heteroatoms. The Bertz CT molecular complexity index is 610. The Labute approximate surface area is 110 Å². The molecule has 3 nitrogen and oxygen atoms in total. The lowest BCUT2D eigenvalue weighted by molar-refractivity contribution is -0.146. The lowest BCUT2D eigenvalue weighted by Gasteiger charge is -2.01. The van der Waals surface area contributed by atoms with Crippen LogP contribution in [0, 0.1) is 0 Å². The minimum absolute atomic E-state index is 0.786. The Morgan fingerprint density at radius 2 is 1.42 bits per heavy atom. The smallest absolute Gasteiger partial charge is 0.376 e. The second kappa shape index (κ2) is 5.78. The zero-order valence-electron chi connectivity index (χ0n) is 10.1. The van der Waals surface area contributed by atoms with Gasteiger partial charge in [-0.1, -0.05) is 60.7 Å². The van der Waals surface area contributed by atoms with Crippen LogP contribution in [-0.2, 0) is 9.59 Å². The van der Waals surface area contributed by atoms with E-state index in [0.717, 1.165) is 22.8 Å². The summed E-state index contributed by atoms with van der Waals surface area (Å²) >= 11 is 0. The molecule has 2 rings (SSSR count). The van der Waals surface area contributed by atoms with E-state index in [1.165, 1.54) is 6.08 Å². The van der Waals surface area contributed by atoms with Crippen molar-refractivity contribution in [1.29, 1.82) is 0 Å². The van der Waals surface area contributed by atoms with Crippen molar-refractivity contribution < 1.29 is 14.7 Å². The van der Waals surface area contributed by atoms with Gasteiger partial charge in [0.05, 0.1) is 0 Å². The Morgan fingerprint density at radius 1 is 0.842 bits per heavy atom. The lowest BCUT2D eigenvalue weighted by Crippen LogP contribution is -2.08. The van der Waals surface area contributed by atoms with Crippen LogP contribution >= 0.6 is 0 Å². The largest absolute Gasteiger partial charge is 0.475 e. The highest BCUT2D eigenvalue weighted by Crippen LogP contribution is 2.19. The molecule has 0 aromatic heterocycles. The fraction of sp³-hybridized carbons (Fsp3) is 0. The highest BCUT2D eigenvalue weighted by atomic mass is 16.4. The minimum atomic E-state index is -1.45. The number of ketones is 1. The molecule has 0 aliphatic carbocycles. The van der Waals surface area contributed by atoms with E-state index in [4.69, 9.17) is 5.11 Å². The summed E-state index contributed by atoms with van der Waals surface area (Å²) in [6.45, 7) is 0. The second-order valence-electron chi connectivity index (χ2n) is 3.99. The number of aliphatic carboxylic acids is 1. The van der Waals surface area contributed by atoms with Crippen LogP contribution in [0.1, 0.15) is 5.56 Å². The van der Waals surface area contributed by atoms with Crippen LogP contribution in [0.5, 0.6) is 0 Å². The highest BCUT2D eigenvalue weighted by Gasteiger charge is 2.05. The molecule has 0 heterocycles. The first-order valence-electron chi connectivity index (χ1n) is 5.77. The van der Waals surface area contributed by atoms with Crippen LogP contribution in [0.2, 0.25) is 0 Å². The van der Waals surface area contributed by atoms with E-state index in [9.17, 15) is 9.59 Å². The molecule has 0 saturated carbocycles. The van der Waals surface area contributed by atoms with Gasteiger partial charge in [-0.25, -0.2) is 4.79 Å². The normalized spacial score (nSPS) is 10.5. The van der Waals surface area contributed by atoms with Crippen LogP contribution in [-0.4, -0.2) is 16.9 Å². The van der Waals surface area contributed by atoms with Gasteiger partial charge < -0.3 is 5.11 Å². The van der Waals surface area contributed by atoms with Crippen molar-refractivity contribution in [1.82, 2.24) is 0 Å². The van der Waals surface area contributed by atoms with Gasteiger partial charge in [0.2, 0.25) is 0 Å². The van der Waals surface area contributed by atoms with Crippen LogP contribution in [0.25, 0.3) is 17.2 Å². The Hall–Kier alpha value is -2.68. The third kappa shape index (κ3) is 3.39. The molecule has 0 amide bonds. The number of rotatable bonds is 4. The van der Waals surface area contributed by atoms with Crippen molar-refractivity contribution in [3.05, 3.63) is 66.2 Å². The summed E-state index contributed by atoms with van der Waals surface area (Å²) in [6, 6.07) is 17.5. The van der Waals surface area contributed by atoms with Gasteiger partial charge in [0, 0.05) is 0 Å². The molecule has 0 fully saturated rings. The average molecular weight is 252 g/mol. The van der Waals surface area contributed by atoms with Crippen molar-refractivity contribution in [2.45, 2.75) is 0 Å². The monoisotopic (exact) mass is 252 g/mol. The molecule has 0 atom stereocenters. The summed E-state index contributed by atoms with van der Waals surface area (Å²) in [7, 11) is 0. The third-order valence-corrected chi connectivity index (χ3v) is 2.66. The van der Waals surface area contributed by atoms with Crippen molar-refractivity contribution in [2.24, 2.45) is 0 Å². The van der Waals surface area contributed by atoms with Crippen molar-refractivity contribution in [3.8, 4) is 11.1 Å². The molecule has 0 aliphatic heterocycles. The number of carboxylic acid groups (broad SMARTS) is 1. The maximum Gasteiger partial charge on any atom is 0.376 e. The third-order valence-electron chi connectivity index (χ3n) is 2.66. The molecule has 0 unspecified atom stereocenters. The van der Waals surface area contributed by atoms with Crippen LogP contribution < -0.4 is 0 Å². The number of hydrogen-bond donors (Lipinski definition) is 1. The molecular formula is C16H12O3. The van der Waals surface area contributed by atoms with Gasteiger partial charge in [-0.2, -0.15) is 0 Å². The molecular weight excluding hydrogens is 240 g/mol. The molecule has 0 spiro atoms. The molecule has 2 aromatic carbocycles. The Balaban J connectivity index is 2.16. The second-order valence-corrected chi connectivity index (χ2v) is 3.99. The molecule has 0 radical (unpaired) electrons. The number of carbonyl (C=O) groups excluding carboxylic acids is 1. The van der Waals surface area contributed by atoms with Gasteiger partial charge in [0.25, 0.3) is 5.78 Å². The molecule has 19 heavy (non-hydrogen) atoms.